The second kappa shape index (κ2) is 7.06. The summed E-state index contributed by atoms with van der Waals surface area (Å²) in [6.45, 7) is 1.01. The standard InChI is InChI=1S/C13H18N4S/c1-18-9-3-2-6-15-12-4-5-13(16-10-12)17-8-7-14-11-17/h4-5,7-8,10-11,15H,2-3,6,9H2,1H3. The molecule has 2 heterocycles. The normalized spacial score (nSPS) is 10.5. The highest BCUT2D eigenvalue weighted by Crippen LogP contribution is 2.09. The number of nitrogens with zero attached hydrogens (tertiary/aromatic N) is 3. The molecule has 5 heteroatoms. The number of pyridine rings is 1. The molecule has 1 N–H and O–H groups in total. The van der Waals surface area contributed by atoms with E-state index in [4.69, 9.17) is 0 Å². The van der Waals surface area contributed by atoms with Crippen molar-refractivity contribution in [2.75, 3.05) is 23.9 Å². The Hall–Kier alpha value is -1.49. The van der Waals surface area contributed by atoms with Gasteiger partial charge in [-0.2, -0.15) is 11.8 Å². The number of hydrogen-bond acceptors (Lipinski definition) is 4. The Bertz CT molecular complexity index is 439. The number of thioether (sulfide) groups is 1. The van der Waals surface area contributed by atoms with Crippen molar-refractivity contribution in [3.05, 3.63) is 37.1 Å². The Labute approximate surface area is 112 Å². The molecule has 0 saturated carbocycles. The fourth-order valence-electron chi connectivity index (χ4n) is 1.64. The molecule has 0 atom stereocenters. The molecule has 0 fully saturated rings. The zero-order chi connectivity index (χ0) is 12.6. The molecule has 0 aliphatic heterocycles. The zero-order valence-corrected chi connectivity index (χ0v) is 11.4. The van der Waals surface area contributed by atoms with E-state index in [2.05, 4.69) is 27.6 Å². The fraction of sp³-hybridized carbons (Fsp3) is 0.385. The first kappa shape index (κ1) is 13.0. The van der Waals surface area contributed by atoms with Crippen molar-refractivity contribution < 1.29 is 0 Å². The van der Waals surface area contributed by atoms with Gasteiger partial charge in [0, 0.05) is 18.9 Å². The van der Waals surface area contributed by atoms with E-state index in [9.17, 15) is 0 Å². The molecule has 2 rings (SSSR count). The number of nitrogens with one attached hydrogen (secondary N) is 1. The van der Waals surface area contributed by atoms with Crippen molar-refractivity contribution in [2.45, 2.75) is 12.8 Å². The van der Waals surface area contributed by atoms with Crippen LogP contribution in [0.5, 0.6) is 0 Å². The van der Waals surface area contributed by atoms with Crippen molar-refractivity contribution >= 4 is 17.4 Å². The van der Waals surface area contributed by atoms with Crippen LogP contribution in [0.3, 0.4) is 0 Å². The molecule has 2 aromatic rings. The Balaban J connectivity index is 1.81. The van der Waals surface area contributed by atoms with Crippen LogP contribution in [0.15, 0.2) is 37.1 Å². The molecular weight excluding hydrogens is 244 g/mol. The van der Waals surface area contributed by atoms with Gasteiger partial charge in [-0.25, -0.2) is 9.97 Å². The maximum atomic E-state index is 4.39. The lowest BCUT2D eigenvalue weighted by atomic mass is 10.3. The smallest absolute Gasteiger partial charge is 0.137 e. The monoisotopic (exact) mass is 262 g/mol. The van der Waals surface area contributed by atoms with Crippen LogP contribution in [-0.4, -0.2) is 33.1 Å². The second-order valence-corrected chi connectivity index (χ2v) is 4.99. The number of anilines is 1. The predicted molar refractivity (Wildman–Crippen MR) is 77.5 cm³/mol. The average molecular weight is 262 g/mol. The third-order valence-corrected chi connectivity index (χ3v) is 3.32. The Morgan fingerprint density at radius 3 is 2.94 bits per heavy atom. The molecule has 2 aromatic heterocycles. The largest absolute Gasteiger partial charge is 0.384 e. The average Bonchev–Trinajstić information content (AvgIpc) is 2.93. The van der Waals surface area contributed by atoms with Gasteiger partial charge in [0.15, 0.2) is 0 Å². The molecule has 0 amide bonds. The van der Waals surface area contributed by atoms with Crippen LogP contribution in [0.2, 0.25) is 0 Å². The predicted octanol–water partition coefficient (Wildman–Crippen LogP) is 2.82. The van der Waals surface area contributed by atoms with Crippen molar-refractivity contribution in [3.8, 4) is 5.82 Å². The highest BCUT2D eigenvalue weighted by Gasteiger charge is 1.97. The van der Waals surface area contributed by atoms with E-state index in [0.29, 0.717) is 0 Å². The molecule has 18 heavy (non-hydrogen) atoms. The molecule has 0 saturated heterocycles. The van der Waals surface area contributed by atoms with Gasteiger partial charge in [-0.05, 0) is 37.0 Å². The summed E-state index contributed by atoms with van der Waals surface area (Å²) in [6.07, 6.45) is 11.9. The van der Waals surface area contributed by atoms with Gasteiger partial charge in [-0.1, -0.05) is 0 Å². The number of rotatable bonds is 7. The van der Waals surface area contributed by atoms with E-state index in [1.165, 1.54) is 18.6 Å². The highest BCUT2D eigenvalue weighted by atomic mass is 32.2. The van der Waals surface area contributed by atoms with Crippen molar-refractivity contribution in [1.82, 2.24) is 14.5 Å². The van der Waals surface area contributed by atoms with E-state index >= 15 is 0 Å². The molecule has 0 unspecified atom stereocenters. The third-order valence-electron chi connectivity index (χ3n) is 2.62. The van der Waals surface area contributed by atoms with Crippen molar-refractivity contribution in [1.29, 1.82) is 0 Å². The summed E-state index contributed by atoms with van der Waals surface area (Å²) in [7, 11) is 0. The van der Waals surface area contributed by atoms with Crippen LogP contribution in [0.25, 0.3) is 5.82 Å². The lowest BCUT2D eigenvalue weighted by molar-refractivity contribution is 0.842. The van der Waals surface area contributed by atoms with Crippen LogP contribution in [0.1, 0.15) is 12.8 Å². The molecule has 4 nitrogen and oxygen atoms in total. The molecule has 0 aliphatic rings. The first-order chi connectivity index (χ1) is 8.90. The van der Waals surface area contributed by atoms with E-state index in [1.54, 1.807) is 12.5 Å². The summed E-state index contributed by atoms with van der Waals surface area (Å²) in [5.41, 5.74) is 1.07. The van der Waals surface area contributed by atoms with Gasteiger partial charge in [0.2, 0.25) is 0 Å². The minimum Gasteiger partial charge on any atom is -0.384 e. The maximum Gasteiger partial charge on any atom is 0.137 e. The minimum atomic E-state index is 0.889. The van der Waals surface area contributed by atoms with Gasteiger partial charge in [0.05, 0.1) is 11.9 Å². The van der Waals surface area contributed by atoms with Crippen molar-refractivity contribution in [3.63, 3.8) is 0 Å². The third kappa shape index (κ3) is 3.77. The summed E-state index contributed by atoms with van der Waals surface area (Å²) in [5.74, 6) is 2.12. The molecule has 0 aliphatic carbocycles. The van der Waals surface area contributed by atoms with Crippen LogP contribution in [0, 0.1) is 0 Å². The lowest BCUT2D eigenvalue weighted by Crippen LogP contribution is -2.03. The summed E-state index contributed by atoms with van der Waals surface area (Å²) in [4.78, 5) is 8.40. The number of imidazole rings is 1. The maximum absolute atomic E-state index is 4.39. The number of unbranched alkanes of at least 4 members (excludes halogenated alkanes) is 1. The fourth-order valence-corrected chi connectivity index (χ4v) is 2.13. The van der Waals surface area contributed by atoms with E-state index in [0.717, 1.165) is 18.1 Å². The molecule has 0 bridgehead atoms. The van der Waals surface area contributed by atoms with Gasteiger partial charge in [0.25, 0.3) is 0 Å². The van der Waals surface area contributed by atoms with Crippen LogP contribution >= 0.6 is 11.8 Å². The zero-order valence-electron chi connectivity index (χ0n) is 10.5. The first-order valence-corrected chi connectivity index (χ1v) is 7.47. The molecule has 0 radical (unpaired) electrons. The van der Waals surface area contributed by atoms with E-state index in [-0.39, 0.29) is 0 Å². The Morgan fingerprint density at radius 1 is 1.33 bits per heavy atom. The van der Waals surface area contributed by atoms with Gasteiger partial charge in [-0.15, -0.1) is 0 Å². The summed E-state index contributed by atoms with van der Waals surface area (Å²) >= 11 is 1.90. The Kier molecular flexibility index (Phi) is 5.08. The molecule has 0 spiro atoms. The highest BCUT2D eigenvalue weighted by molar-refractivity contribution is 7.98. The topological polar surface area (TPSA) is 42.7 Å². The second-order valence-electron chi connectivity index (χ2n) is 4.00. The van der Waals surface area contributed by atoms with Gasteiger partial charge in [-0.3, -0.25) is 4.57 Å². The van der Waals surface area contributed by atoms with E-state index < -0.39 is 0 Å². The van der Waals surface area contributed by atoms with Gasteiger partial charge >= 0.3 is 0 Å². The quantitative estimate of drug-likeness (QED) is 0.779. The summed E-state index contributed by atoms with van der Waals surface area (Å²) in [6, 6.07) is 4.04. The van der Waals surface area contributed by atoms with Crippen molar-refractivity contribution in [2.24, 2.45) is 0 Å². The summed E-state index contributed by atoms with van der Waals surface area (Å²) < 4.78 is 1.89. The van der Waals surface area contributed by atoms with Crippen LogP contribution in [-0.2, 0) is 0 Å². The van der Waals surface area contributed by atoms with E-state index in [1.807, 2.05) is 34.8 Å². The molecule has 0 aromatic carbocycles. The SMILES string of the molecule is CSCCCCNc1ccc(-n2ccnc2)nc1. The minimum absolute atomic E-state index is 0.889. The van der Waals surface area contributed by atoms with Gasteiger partial charge in [0.1, 0.15) is 12.1 Å². The first-order valence-electron chi connectivity index (χ1n) is 6.07. The summed E-state index contributed by atoms with van der Waals surface area (Å²) in [5, 5.41) is 3.38. The lowest BCUT2D eigenvalue weighted by Gasteiger charge is -2.06. The van der Waals surface area contributed by atoms with Crippen LogP contribution < -0.4 is 5.32 Å². The number of hydrogen-bond donors (Lipinski definition) is 1. The number of aromatic nitrogens is 3. The van der Waals surface area contributed by atoms with Gasteiger partial charge < -0.3 is 5.32 Å². The van der Waals surface area contributed by atoms with Crippen LogP contribution in [0.4, 0.5) is 5.69 Å². The Morgan fingerprint density at radius 2 is 2.28 bits per heavy atom. The molecule has 96 valence electrons. The molecular formula is C13H18N4S.